The fraction of sp³-hybridized carbons (Fsp3) is 0.467. The predicted molar refractivity (Wildman–Crippen MR) is 73.2 cm³/mol. The van der Waals surface area contributed by atoms with Crippen molar-refractivity contribution in [1.82, 2.24) is 4.90 Å². The minimum atomic E-state index is -0.318. The Morgan fingerprint density at radius 2 is 1.74 bits per heavy atom. The highest BCUT2D eigenvalue weighted by Crippen LogP contribution is 2.21. The van der Waals surface area contributed by atoms with E-state index >= 15 is 0 Å². The molecule has 0 radical (unpaired) electrons. The number of nitrogens with zero attached hydrogens (tertiary/aromatic N) is 1. The molecule has 1 atom stereocenters. The monoisotopic (exact) mass is 260 g/mol. The number of likely N-dealkylation sites (tertiary alicyclic amines) is 1. The van der Waals surface area contributed by atoms with E-state index in [0.29, 0.717) is 12.8 Å². The van der Waals surface area contributed by atoms with Crippen LogP contribution in [-0.4, -0.2) is 23.3 Å². The van der Waals surface area contributed by atoms with Crippen molar-refractivity contribution in [3.05, 3.63) is 35.4 Å². The van der Waals surface area contributed by atoms with E-state index in [1.165, 1.54) is 4.90 Å². The van der Waals surface area contributed by atoms with Gasteiger partial charge in [0, 0.05) is 25.4 Å². The van der Waals surface area contributed by atoms with Gasteiger partial charge in [0.25, 0.3) is 0 Å². The number of amides is 2. The Bertz CT molecular complexity index is 463. The third kappa shape index (κ3) is 3.20. The smallest absolute Gasteiger partial charge is 0.229 e. The Hall–Kier alpha value is -1.68. The molecule has 2 N–H and O–H groups in total. The van der Waals surface area contributed by atoms with Crippen molar-refractivity contribution < 1.29 is 9.59 Å². The molecule has 1 aliphatic rings. The lowest BCUT2D eigenvalue weighted by atomic mass is 9.96. The summed E-state index contributed by atoms with van der Waals surface area (Å²) < 4.78 is 0. The van der Waals surface area contributed by atoms with Crippen molar-refractivity contribution in [2.45, 2.75) is 32.7 Å². The second-order valence-corrected chi connectivity index (χ2v) is 5.43. The fourth-order valence-corrected chi connectivity index (χ4v) is 2.35. The molecule has 1 unspecified atom stereocenters. The normalized spacial score (nSPS) is 18.8. The van der Waals surface area contributed by atoms with Crippen LogP contribution in [0.4, 0.5) is 0 Å². The lowest BCUT2D eigenvalue weighted by Gasteiger charge is -2.30. The second-order valence-electron chi connectivity index (χ2n) is 5.43. The van der Waals surface area contributed by atoms with E-state index in [2.05, 4.69) is 0 Å². The van der Waals surface area contributed by atoms with E-state index in [4.69, 9.17) is 5.73 Å². The molecule has 2 amide bonds. The number of hydrogen-bond donors (Lipinski definition) is 1. The average molecular weight is 260 g/mol. The van der Waals surface area contributed by atoms with Crippen LogP contribution in [0.15, 0.2) is 24.3 Å². The quantitative estimate of drug-likeness (QED) is 0.843. The molecule has 0 saturated carbocycles. The van der Waals surface area contributed by atoms with E-state index in [1.807, 2.05) is 38.1 Å². The van der Waals surface area contributed by atoms with Crippen LogP contribution in [0.2, 0.25) is 0 Å². The Labute approximate surface area is 113 Å². The summed E-state index contributed by atoms with van der Waals surface area (Å²) in [5.41, 5.74) is 8.20. The number of nitrogens with two attached hydrogens (primary N) is 1. The van der Waals surface area contributed by atoms with Crippen LogP contribution in [0.5, 0.6) is 0 Å². The fourth-order valence-electron chi connectivity index (χ4n) is 2.35. The molecule has 1 fully saturated rings. The zero-order valence-electron chi connectivity index (χ0n) is 11.4. The molecule has 102 valence electrons. The molecule has 19 heavy (non-hydrogen) atoms. The van der Waals surface area contributed by atoms with Gasteiger partial charge in [-0.25, -0.2) is 0 Å². The first-order valence-electron chi connectivity index (χ1n) is 6.62. The summed E-state index contributed by atoms with van der Waals surface area (Å²) in [6.45, 7) is 4.20. The van der Waals surface area contributed by atoms with Gasteiger partial charge in [-0.1, -0.05) is 36.8 Å². The summed E-state index contributed by atoms with van der Waals surface area (Å²) in [7, 11) is 0. The number of piperidine rings is 1. The lowest BCUT2D eigenvalue weighted by molar-refractivity contribution is -0.150. The van der Waals surface area contributed by atoms with E-state index in [1.54, 1.807) is 0 Å². The van der Waals surface area contributed by atoms with Gasteiger partial charge in [0.2, 0.25) is 11.8 Å². The minimum Gasteiger partial charge on any atom is -0.322 e. The summed E-state index contributed by atoms with van der Waals surface area (Å²) in [4.78, 5) is 25.1. The van der Waals surface area contributed by atoms with Crippen molar-refractivity contribution in [1.29, 1.82) is 0 Å². The molecule has 0 aromatic heterocycles. The molecule has 4 nitrogen and oxygen atoms in total. The van der Waals surface area contributed by atoms with Crippen molar-refractivity contribution in [3.63, 3.8) is 0 Å². The largest absolute Gasteiger partial charge is 0.322 e. The SMILES string of the molecule is Cc1ccc(C(N)CN2C(=O)CC(C)CC2=O)cc1. The Balaban J connectivity index is 2.06. The molecule has 1 heterocycles. The van der Waals surface area contributed by atoms with Crippen LogP contribution in [0.1, 0.15) is 36.9 Å². The van der Waals surface area contributed by atoms with Gasteiger partial charge >= 0.3 is 0 Å². The van der Waals surface area contributed by atoms with Crippen molar-refractivity contribution in [3.8, 4) is 0 Å². The lowest BCUT2D eigenvalue weighted by Crippen LogP contribution is -2.45. The van der Waals surface area contributed by atoms with Gasteiger partial charge in [0.1, 0.15) is 0 Å². The number of imide groups is 1. The molecular formula is C15H20N2O2. The molecule has 1 aromatic rings. The van der Waals surface area contributed by atoms with Crippen LogP contribution in [0.25, 0.3) is 0 Å². The third-order valence-corrected chi connectivity index (χ3v) is 3.53. The summed E-state index contributed by atoms with van der Waals surface area (Å²) in [5.74, 6) is -0.0653. The highest BCUT2D eigenvalue weighted by Gasteiger charge is 2.31. The maximum Gasteiger partial charge on any atom is 0.229 e. The zero-order chi connectivity index (χ0) is 14.0. The second kappa shape index (κ2) is 5.53. The molecule has 1 aliphatic heterocycles. The Morgan fingerprint density at radius 3 is 2.26 bits per heavy atom. The average Bonchev–Trinajstić information content (AvgIpc) is 2.34. The van der Waals surface area contributed by atoms with E-state index < -0.39 is 0 Å². The standard InChI is InChI=1S/C15H20N2O2/c1-10-3-5-12(6-4-10)13(16)9-17-14(18)7-11(2)8-15(17)19/h3-6,11,13H,7-9,16H2,1-2H3. The van der Waals surface area contributed by atoms with Crippen LogP contribution in [-0.2, 0) is 9.59 Å². The number of benzene rings is 1. The van der Waals surface area contributed by atoms with E-state index in [0.717, 1.165) is 11.1 Å². The summed E-state index contributed by atoms with van der Waals surface area (Å²) in [6.07, 6.45) is 0.874. The van der Waals surface area contributed by atoms with Crippen LogP contribution >= 0.6 is 0 Å². The summed E-state index contributed by atoms with van der Waals surface area (Å²) in [5, 5.41) is 0. The number of aryl methyl sites for hydroxylation is 1. The number of carbonyl (C=O) groups excluding carboxylic acids is 2. The van der Waals surface area contributed by atoms with E-state index in [9.17, 15) is 9.59 Å². The van der Waals surface area contributed by atoms with Gasteiger partial charge in [-0.2, -0.15) is 0 Å². The van der Waals surface area contributed by atoms with Crippen molar-refractivity contribution in [2.24, 2.45) is 11.7 Å². The molecule has 0 aliphatic carbocycles. The van der Waals surface area contributed by atoms with Gasteiger partial charge in [-0.3, -0.25) is 14.5 Å². The van der Waals surface area contributed by atoms with Gasteiger partial charge in [0.15, 0.2) is 0 Å². The number of carbonyl (C=O) groups is 2. The van der Waals surface area contributed by atoms with Gasteiger partial charge in [0.05, 0.1) is 0 Å². The zero-order valence-corrected chi connectivity index (χ0v) is 11.4. The minimum absolute atomic E-state index is 0.105. The highest BCUT2D eigenvalue weighted by atomic mass is 16.2. The Kier molecular flexibility index (Phi) is 4.00. The van der Waals surface area contributed by atoms with Crippen molar-refractivity contribution >= 4 is 11.8 Å². The molecule has 4 heteroatoms. The molecule has 2 rings (SSSR count). The number of hydrogen-bond acceptors (Lipinski definition) is 3. The first-order valence-corrected chi connectivity index (χ1v) is 6.62. The summed E-state index contributed by atoms with van der Waals surface area (Å²) in [6, 6.07) is 7.54. The molecule has 1 saturated heterocycles. The molecule has 0 spiro atoms. The Morgan fingerprint density at radius 1 is 1.21 bits per heavy atom. The topological polar surface area (TPSA) is 63.4 Å². The van der Waals surface area contributed by atoms with Gasteiger partial charge in [-0.15, -0.1) is 0 Å². The predicted octanol–water partition coefficient (Wildman–Crippen LogP) is 1.78. The summed E-state index contributed by atoms with van der Waals surface area (Å²) >= 11 is 0. The maximum absolute atomic E-state index is 11.9. The number of rotatable bonds is 3. The van der Waals surface area contributed by atoms with Crippen LogP contribution < -0.4 is 5.73 Å². The van der Waals surface area contributed by atoms with Gasteiger partial charge < -0.3 is 5.73 Å². The third-order valence-electron chi connectivity index (χ3n) is 3.53. The first-order chi connectivity index (χ1) is 8.97. The molecule has 1 aromatic carbocycles. The molecular weight excluding hydrogens is 240 g/mol. The highest BCUT2D eigenvalue weighted by molar-refractivity contribution is 5.97. The van der Waals surface area contributed by atoms with Crippen LogP contribution in [0, 0.1) is 12.8 Å². The first kappa shape index (κ1) is 13.7. The van der Waals surface area contributed by atoms with E-state index in [-0.39, 0.29) is 30.3 Å². The molecule has 0 bridgehead atoms. The van der Waals surface area contributed by atoms with Gasteiger partial charge in [-0.05, 0) is 18.4 Å². The van der Waals surface area contributed by atoms with Crippen LogP contribution in [0.3, 0.4) is 0 Å². The maximum atomic E-state index is 11.9. The van der Waals surface area contributed by atoms with Crippen molar-refractivity contribution in [2.75, 3.05) is 6.54 Å².